The Morgan fingerprint density at radius 3 is 2.03 bits per heavy atom. The van der Waals surface area contributed by atoms with Gasteiger partial charge in [0.05, 0.1) is 6.10 Å². The number of benzene rings is 2. The van der Waals surface area contributed by atoms with Gasteiger partial charge in [-0.2, -0.15) is 0 Å². The third kappa shape index (κ3) is 8.54. The normalized spacial score (nSPS) is 12.1. The average Bonchev–Trinajstić information content (AvgIpc) is 2.76. The summed E-state index contributed by atoms with van der Waals surface area (Å²) in [4.78, 5) is 28.1. The first-order valence-corrected chi connectivity index (χ1v) is 11.2. The van der Waals surface area contributed by atoms with Gasteiger partial charge in [-0.15, -0.1) is 0 Å². The van der Waals surface area contributed by atoms with Gasteiger partial charge in [-0.05, 0) is 31.4 Å². The summed E-state index contributed by atoms with van der Waals surface area (Å²) in [5.74, 6) is -0.351. The van der Waals surface area contributed by atoms with E-state index in [0.29, 0.717) is 26.1 Å². The third-order valence-corrected chi connectivity index (χ3v) is 4.99. The molecule has 0 aromatic heterocycles. The highest BCUT2D eigenvalue weighted by Gasteiger charge is 2.31. The van der Waals surface area contributed by atoms with Gasteiger partial charge >= 0.3 is 0 Å². The van der Waals surface area contributed by atoms with Crippen molar-refractivity contribution in [2.24, 2.45) is 5.92 Å². The highest BCUT2D eigenvalue weighted by Crippen LogP contribution is 2.17. The molecule has 0 saturated carbocycles. The molecule has 2 aromatic rings. The molecule has 2 amide bonds. The lowest BCUT2D eigenvalue weighted by Crippen LogP contribution is -2.51. The number of carbonyl (C=O) groups excluding carboxylic acids is 2. The van der Waals surface area contributed by atoms with Gasteiger partial charge < -0.3 is 15.0 Å². The topological polar surface area (TPSA) is 58.6 Å². The molecule has 168 valence electrons. The number of rotatable bonds is 12. The highest BCUT2D eigenvalue weighted by molar-refractivity contribution is 5.88. The first-order chi connectivity index (χ1) is 14.9. The van der Waals surface area contributed by atoms with Crippen molar-refractivity contribution in [1.82, 2.24) is 10.2 Å². The quantitative estimate of drug-likeness (QED) is 0.519. The zero-order valence-corrected chi connectivity index (χ0v) is 19.2. The Morgan fingerprint density at radius 2 is 1.48 bits per heavy atom. The van der Waals surface area contributed by atoms with Gasteiger partial charge in [-0.3, -0.25) is 9.59 Å². The maximum atomic E-state index is 13.3. The molecule has 0 radical (unpaired) electrons. The van der Waals surface area contributed by atoms with Crippen LogP contribution < -0.4 is 5.32 Å². The molecule has 0 unspecified atom stereocenters. The molecule has 2 aromatic carbocycles. The molecule has 5 nitrogen and oxygen atoms in total. The van der Waals surface area contributed by atoms with Crippen LogP contribution in [0, 0.1) is 5.92 Å². The van der Waals surface area contributed by atoms with Crippen LogP contribution in [0.1, 0.15) is 45.2 Å². The number of amides is 2. The Morgan fingerprint density at radius 1 is 0.903 bits per heavy atom. The van der Waals surface area contributed by atoms with Crippen molar-refractivity contribution >= 4 is 11.8 Å². The molecule has 5 heteroatoms. The lowest BCUT2D eigenvalue weighted by atomic mass is 10.0. The number of nitrogens with one attached hydrogen (secondary N) is 1. The summed E-state index contributed by atoms with van der Waals surface area (Å²) in [6.45, 7) is 9.26. The van der Waals surface area contributed by atoms with E-state index < -0.39 is 6.04 Å². The van der Waals surface area contributed by atoms with Crippen LogP contribution in [0.4, 0.5) is 0 Å². The number of ether oxygens (including phenoxy) is 1. The number of carbonyl (C=O) groups is 2. The van der Waals surface area contributed by atoms with Gasteiger partial charge in [0.15, 0.2) is 0 Å². The predicted molar refractivity (Wildman–Crippen MR) is 124 cm³/mol. The first-order valence-electron chi connectivity index (χ1n) is 11.2. The summed E-state index contributed by atoms with van der Waals surface area (Å²) >= 11 is 0. The first kappa shape index (κ1) is 24.6. The lowest BCUT2D eigenvalue weighted by molar-refractivity contribution is -0.143. The lowest BCUT2D eigenvalue weighted by Gasteiger charge is -2.32. The smallest absolute Gasteiger partial charge is 0.243 e. The van der Waals surface area contributed by atoms with Crippen molar-refractivity contribution < 1.29 is 14.3 Å². The molecular formula is C26H36N2O3. The van der Waals surface area contributed by atoms with E-state index in [1.807, 2.05) is 88.4 Å². The van der Waals surface area contributed by atoms with Crippen LogP contribution in [0.25, 0.3) is 0 Å². The van der Waals surface area contributed by atoms with E-state index in [4.69, 9.17) is 4.74 Å². The van der Waals surface area contributed by atoms with E-state index in [-0.39, 0.29) is 23.8 Å². The van der Waals surface area contributed by atoms with E-state index in [0.717, 1.165) is 17.5 Å². The van der Waals surface area contributed by atoms with E-state index in [1.54, 1.807) is 4.90 Å². The Labute approximate surface area is 186 Å². The van der Waals surface area contributed by atoms with Crippen molar-refractivity contribution in [2.75, 3.05) is 13.2 Å². The minimum absolute atomic E-state index is 0.0249. The molecule has 0 aliphatic rings. The maximum Gasteiger partial charge on any atom is 0.243 e. The molecule has 0 fully saturated rings. The standard InChI is InChI=1S/C26H36N2O3/c1-20(2)26(30)28(19-23-14-9-6-10-15-23)24(18-22-12-7-5-8-13-22)25(29)27-16-11-17-31-21(3)4/h5-10,12-15,20-21,24H,11,16-19H2,1-4H3,(H,27,29)/t24-/m1/s1. The second kappa shape index (κ2) is 12.9. The SMILES string of the molecule is CC(C)OCCCNC(=O)[C@@H](Cc1ccccc1)N(Cc1ccccc1)C(=O)C(C)C. The van der Waals surface area contributed by atoms with Gasteiger partial charge in [-0.1, -0.05) is 74.5 Å². The molecule has 0 aliphatic heterocycles. The highest BCUT2D eigenvalue weighted by atomic mass is 16.5. The largest absolute Gasteiger partial charge is 0.379 e. The molecule has 31 heavy (non-hydrogen) atoms. The summed E-state index contributed by atoms with van der Waals surface area (Å²) < 4.78 is 5.56. The van der Waals surface area contributed by atoms with E-state index in [1.165, 1.54) is 0 Å². The van der Waals surface area contributed by atoms with E-state index >= 15 is 0 Å². The average molecular weight is 425 g/mol. The van der Waals surface area contributed by atoms with Gasteiger partial charge in [0.1, 0.15) is 6.04 Å². The van der Waals surface area contributed by atoms with Gasteiger partial charge in [-0.25, -0.2) is 0 Å². The summed E-state index contributed by atoms with van der Waals surface area (Å²) in [6, 6.07) is 19.1. The molecule has 0 bridgehead atoms. The van der Waals surface area contributed by atoms with E-state index in [9.17, 15) is 9.59 Å². The maximum absolute atomic E-state index is 13.3. The number of hydrogen-bond acceptors (Lipinski definition) is 3. The molecule has 2 rings (SSSR count). The molecule has 0 saturated heterocycles. The predicted octanol–water partition coefficient (Wildman–Crippen LogP) is 4.21. The fraction of sp³-hybridized carbons (Fsp3) is 0.462. The number of hydrogen-bond donors (Lipinski definition) is 1. The van der Waals surface area contributed by atoms with Crippen LogP contribution in [0.15, 0.2) is 60.7 Å². The van der Waals surface area contributed by atoms with Crippen LogP contribution in [-0.2, 0) is 27.3 Å². The third-order valence-electron chi connectivity index (χ3n) is 4.99. The molecule has 1 N–H and O–H groups in total. The fourth-order valence-electron chi connectivity index (χ4n) is 3.36. The van der Waals surface area contributed by atoms with Crippen LogP contribution in [-0.4, -0.2) is 42.0 Å². The van der Waals surface area contributed by atoms with Crippen LogP contribution >= 0.6 is 0 Å². The Bertz CT molecular complexity index is 791. The van der Waals surface area contributed by atoms with E-state index in [2.05, 4.69) is 5.32 Å². The molecule has 0 heterocycles. The monoisotopic (exact) mass is 424 g/mol. The second-order valence-electron chi connectivity index (χ2n) is 8.38. The van der Waals surface area contributed by atoms with Crippen molar-refractivity contribution in [2.45, 2.75) is 59.2 Å². The zero-order chi connectivity index (χ0) is 22.6. The zero-order valence-electron chi connectivity index (χ0n) is 19.2. The van der Waals surface area contributed by atoms with Gasteiger partial charge in [0.25, 0.3) is 0 Å². The van der Waals surface area contributed by atoms with Gasteiger partial charge in [0.2, 0.25) is 11.8 Å². The Hall–Kier alpha value is -2.66. The minimum Gasteiger partial charge on any atom is -0.379 e. The van der Waals surface area contributed by atoms with Crippen LogP contribution in [0.5, 0.6) is 0 Å². The molecule has 0 spiro atoms. The summed E-state index contributed by atoms with van der Waals surface area (Å²) in [5.41, 5.74) is 2.04. The summed E-state index contributed by atoms with van der Waals surface area (Å²) in [7, 11) is 0. The summed E-state index contributed by atoms with van der Waals surface area (Å²) in [6.07, 6.45) is 1.38. The van der Waals surface area contributed by atoms with Crippen molar-refractivity contribution in [3.8, 4) is 0 Å². The fourth-order valence-corrected chi connectivity index (χ4v) is 3.36. The van der Waals surface area contributed by atoms with Crippen molar-refractivity contribution in [3.05, 3.63) is 71.8 Å². The van der Waals surface area contributed by atoms with Crippen molar-refractivity contribution in [1.29, 1.82) is 0 Å². The molecular weight excluding hydrogens is 388 g/mol. The number of nitrogens with zero attached hydrogens (tertiary/aromatic N) is 1. The van der Waals surface area contributed by atoms with Gasteiger partial charge in [0, 0.05) is 32.0 Å². The molecule has 1 atom stereocenters. The second-order valence-corrected chi connectivity index (χ2v) is 8.38. The summed E-state index contributed by atoms with van der Waals surface area (Å²) in [5, 5.41) is 3.02. The van der Waals surface area contributed by atoms with Crippen molar-refractivity contribution in [3.63, 3.8) is 0 Å². The van der Waals surface area contributed by atoms with Crippen LogP contribution in [0.2, 0.25) is 0 Å². The molecule has 0 aliphatic carbocycles. The Kier molecular flexibility index (Phi) is 10.2. The Balaban J connectivity index is 2.21. The minimum atomic E-state index is -0.580. The van der Waals surface area contributed by atoms with Crippen LogP contribution in [0.3, 0.4) is 0 Å².